The fourth-order valence-corrected chi connectivity index (χ4v) is 1.73. The topological polar surface area (TPSA) is 54.4 Å². The van der Waals surface area contributed by atoms with E-state index >= 15 is 0 Å². The van der Waals surface area contributed by atoms with Gasteiger partial charge in [-0.05, 0) is 30.9 Å². The Labute approximate surface area is 95.1 Å². The predicted octanol–water partition coefficient (Wildman–Crippen LogP) is 2.08. The molecule has 0 aliphatic carbocycles. The fourth-order valence-electron chi connectivity index (χ4n) is 1.73. The number of hydrogen-bond acceptors (Lipinski definition) is 2. The van der Waals surface area contributed by atoms with Crippen molar-refractivity contribution in [1.29, 1.82) is 0 Å². The predicted molar refractivity (Wildman–Crippen MR) is 61.3 cm³/mol. The molecule has 1 N–H and O–H groups in total. The Morgan fingerprint density at radius 1 is 1.25 bits per heavy atom. The maximum Gasteiger partial charge on any atom is 0.314 e. The molecule has 1 unspecified atom stereocenters. The van der Waals surface area contributed by atoms with Gasteiger partial charge in [0.2, 0.25) is 0 Å². The third kappa shape index (κ3) is 2.92. The standard InChI is InChI=1S/C13H16O3/c1-3-10-6-4-5-7-11(10)8-12(9(2)14)13(15)16/h4-7,12H,3,8H2,1-2H3,(H,15,16). The Kier molecular flexibility index (Phi) is 4.23. The van der Waals surface area contributed by atoms with Crippen molar-refractivity contribution >= 4 is 11.8 Å². The van der Waals surface area contributed by atoms with Crippen LogP contribution in [0.1, 0.15) is 25.0 Å². The monoisotopic (exact) mass is 220 g/mol. The lowest BCUT2D eigenvalue weighted by Crippen LogP contribution is -2.24. The van der Waals surface area contributed by atoms with Crippen LogP contribution in [0.3, 0.4) is 0 Å². The first-order valence-corrected chi connectivity index (χ1v) is 5.36. The van der Waals surface area contributed by atoms with E-state index in [0.717, 1.165) is 17.5 Å². The van der Waals surface area contributed by atoms with Gasteiger partial charge in [0.05, 0.1) is 0 Å². The van der Waals surface area contributed by atoms with Crippen molar-refractivity contribution in [1.82, 2.24) is 0 Å². The average Bonchev–Trinajstić information content (AvgIpc) is 2.25. The molecule has 86 valence electrons. The zero-order valence-corrected chi connectivity index (χ0v) is 9.56. The van der Waals surface area contributed by atoms with Crippen molar-refractivity contribution in [2.24, 2.45) is 5.92 Å². The lowest BCUT2D eigenvalue weighted by Gasteiger charge is -2.11. The lowest BCUT2D eigenvalue weighted by atomic mass is 9.92. The Bertz CT molecular complexity index is 382. The maximum absolute atomic E-state index is 11.2. The van der Waals surface area contributed by atoms with E-state index in [1.165, 1.54) is 6.92 Å². The second kappa shape index (κ2) is 5.45. The Morgan fingerprint density at radius 3 is 2.25 bits per heavy atom. The number of rotatable bonds is 5. The van der Waals surface area contributed by atoms with E-state index in [1.54, 1.807) is 0 Å². The molecule has 0 bridgehead atoms. The van der Waals surface area contributed by atoms with Crippen molar-refractivity contribution in [3.8, 4) is 0 Å². The molecule has 1 aromatic rings. The Balaban J connectivity index is 2.93. The minimum absolute atomic E-state index is 0.286. The molecular weight excluding hydrogens is 204 g/mol. The highest BCUT2D eigenvalue weighted by Gasteiger charge is 2.23. The highest BCUT2D eigenvalue weighted by molar-refractivity contribution is 5.97. The van der Waals surface area contributed by atoms with Crippen LogP contribution < -0.4 is 0 Å². The lowest BCUT2D eigenvalue weighted by molar-refractivity contribution is -0.145. The van der Waals surface area contributed by atoms with Crippen LogP contribution in [0.2, 0.25) is 0 Å². The van der Waals surface area contributed by atoms with Crippen molar-refractivity contribution in [2.45, 2.75) is 26.7 Å². The van der Waals surface area contributed by atoms with Crippen LogP contribution in [0.25, 0.3) is 0 Å². The van der Waals surface area contributed by atoms with Crippen LogP contribution in [0.5, 0.6) is 0 Å². The second-order valence-electron chi connectivity index (χ2n) is 3.83. The van der Waals surface area contributed by atoms with Gasteiger partial charge in [-0.1, -0.05) is 31.2 Å². The quantitative estimate of drug-likeness (QED) is 0.773. The molecule has 0 aliphatic rings. The summed E-state index contributed by atoms with van der Waals surface area (Å²) in [6.45, 7) is 3.34. The summed E-state index contributed by atoms with van der Waals surface area (Å²) in [6, 6.07) is 7.64. The molecular formula is C13H16O3. The summed E-state index contributed by atoms with van der Waals surface area (Å²) >= 11 is 0. The van der Waals surface area contributed by atoms with E-state index in [0.29, 0.717) is 0 Å². The number of ketones is 1. The number of carbonyl (C=O) groups is 2. The van der Waals surface area contributed by atoms with Gasteiger partial charge in [-0.25, -0.2) is 0 Å². The van der Waals surface area contributed by atoms with Crippen LogP contribution >= 0.6 is 0 Å². The highest BCUT2D eigenvalue weighted by Crippen LogP contribution is 2.15. The fraction of sp³-hybridized carbons (Fsp3) is 0.385. The van der Waals surface area contributed by atoms with Gasteiger partial charge in [0.25, 0.3) is 0 Å². The van der Waals surface area contributed by atoms with Crippen molar-refractivity contribution in [3.05, 3.63) is 35.4 Å². The van der Waals surface area contributed by atoms with Crippen molar-refractivity contribution in [3.63, 3.8) is 0 Å². The molecule has 0 radical (unpaired) electrons. The van der Waals surface area contributed by atoms with Crippen LogP contribution in [0.15, 0.2) is 24.3 Å². The summed E-state index contributed by atoms with van der Waals surface area (Å²) in [7, 11) is 0. The van der Waals surface area contributed by atoms with Crippen LogP contribution in [0.4, 0.5) is 0 Å². The molecule has 0 aliphatic heterocycles. The molecule has 1 aromatic carbocycles. The van der Waals surface area contributed by atoms with E-state index in [-0.39, 0.29) is 12.2 Å². The number of carboxylic acids is 1. The van der Waals surface area contributed by atoms with E-state index in [2.05, 4.69) is 0 Å². The molecule has 0 aromatic heterocycles. The number of carbonyl (C=O) groups excluding carboxylic acids is 1. The molecule has 1 atom stereocenters. The van der Waals surface area contributed by atoms with Gasteiger partial charge >= 0.3 is 5.97 Å². The first kappa shape index (κ1) is 12.4. The zero-order chi connectivity index (χ0) is 12.1. The normalized spacial score (nSPS) is 12.1. The van der Waals surface area contributed by atoms with Crippen LogP contribution in [-0.2, 0) is 22.4 Å². The zero-order valence-electron chi connectivity index (χ0n) is 9.56. The van der Waals surface area contributed by atoms with Gasteiger partial charge in [-0.15, -0.1) is 0 Å². The molecule has 1 rings (SSSR count). The number of benzene rings is 1. The first-order chi connectivity index (χ1) is 7.56. The van der Waals surface area contributed by atoms with Crippen LogP contribution in [-0.4, -0.2) is 16.9 Å². The van der Waals surface area contributed by atoms with Gasteiger partial charge in [-0.2, -0.15) is 0 Å². The molecule has 0 heterocycles. The van der Waals surface area contributed by atoms with Crippen molar-refractivity contribution in [2.75, 3.05) is 0 Å². The number of aliphatic carboxylic acids is 1. The summed E-state index contributed by atoms with van der Waals surface area (Å²) in [5, 5.41) is 8.95. The second-order valence-corrected chi connectivity index (χ2v) is 3.83. The maximum atomic E-state index is 11.2. The molecule has 0 fully saturated rings. The smallest absolute Gasteiger partial charge is 0.314 e. The first-order valence-electron chi connectivity index (χ1n) is 5.36. The Morgan fingerprint density at radius 2 is 1.81 bits per heavy atom. The van der Waals surface area contributed by atoms with E-state index in [1.807, 2.05) is 31.2 Å². The highest BCUT2D eigenvalue weighted by atomic mass is 16.4. The molecule has 0 amide bonds. The Hall–Kier alpha value is -1.64. The number of Topliss-reactive ketones (excluding diaryl/α,β-unsaturated/α-hetero) is 1. The SMILES string of the molecule is CCc1ccccc1CC(C(C)=O)C(=O)O. The molecule has 0 saturated carbocycles. The summed E-state index contributed by atoms with van der Waals surface area (Å²) in [4.78, 5) is 22.1. The van der Waals surface area contributed by atoms with E-state index in [4.69, 9.17) is 5.11 Å². The van der Waals surface area contributed by atoms with Crippen LogP contribution in [0, 0.1) is 5.92 Å². The number of carboxylic acid groups (broad SMARTS) is 1. The molecule has 16 heavy (non-hydrogen) atoms. The molecule has 3 nitrogen and oxygen atoms in total. The molecule has 3 heteroatoms. The molecule has 0 spiro atoms. The van der Waals surface area contributed by atoms with Gasteiger partial charge in [0.15, 0.2) is 0 Å². The minimum Gasteiger partial charge on any atom is -0.481 e. The number of hydrogen-bond donors (Lipinski definition) is 1. The minimum atomic E-state index is -1.04. The molecule has 0 saturated heterocycles. The van der Waals surface area contributed by atoms with Gasteiger partial charge < -0.3 is 5.11 Å². The summed E-state index contributed by atoms with van der Waals surface area (Å²) in [6.07, 6.45) is 1.13. The third-order valence-corrected chi connectivity index (χ3v) is 2.71. The van der Waals surface area contributed by atoms with Gasteiger partial charge in [0, 0.05) is 0 Å². The average molecular weight is 220 g/mol. The largest absolute Gasteiger partial charge is 0.481 e. The number of aryl methyl sites for hydroxylation is 1. The van der Waals surface area contributed by atoms with E-state index < -0.39 is 11.9 Å². The summed E-state index contributed by atoms with van der Waals surface area (Å²) < 4.78 is 0. The summed E-state index contributed by atoms with van der Waals surface area (Å²) in [5.41, 5.74) is 2.06. The van der Waals surface area contributed by atoms with Gasteiger partial charge in [0.1, 0.15) is 11.7 Å². The summed E-state index contributed by atoms with van der Waals surface area (Å²) in [5.74, 6) is -2.26. The van der Waals surface area contributed by atoms with E-state index in [9.17, 15) is 9.59 Å². The third-order valence-electron chi connectivity index (χ3n) is 2.71. The van der Waals surface area contributed by atoms with Crippen molar-refractivity contribution < 1.29 is 14.7 Å². The van der Waals surface area contributed by atoms with Gasteiger partial charge in [-0.3, -0.25) is 9.59 Å².